The van der Waals surface area contributed by atoms with Gasteiger partial charge in [-0.15, -0.1) is 0 Å². The number of methoxy groups -OCH3 is 1. The first-order chi connectivity index (χ1) is 12.7. The highest BCUT2D eigenvalue weighted by molar-refractivity contribution is 6.31. The van der Waals surface area contributed by atoms with Crippen molar-refractivity contribution in [1.29, 1.82) is 0 Å². The minimum Gasteiger partial charge on any atom is -0.497 e. The van der Waals surface area contributed by atoms with Gasteiger partial charge in [-0.3, -0.25) is 9.78 Å². The summed E-state index contributed by atoms with van der Waals surface area (Å²) in [5.41, 5.74) is 0.951. The second-order valence-corrected chi connectivity index (χ2v) is 6.49. The molecule has 0 bridgehead atoms. The lowest BCUT2D eigenvalue weighted by molar-refractivity contribution is -0.128. The number of rotatable bonds is 5. The molecule has 1 unspecified atom stereocenters. The molecule has 0 radical (unpaired) electrons. The van der Waals surface area contributed by atoms with Crippen LogP contribution in [0.5, 0.6) is 11.5 Å². The number of hydrogen-bond acceptors (Lipinski definition) is 4. The Labute approximate surface area is 158 Å². The van der Waals surface area contributed by atoms with Crippen LogP contribution in [0.2, 0.25) is 5.02 Å². The molecule has 1 aliphatic rings. The van der Waals surface area contributed by atoms with Gasteiger partial charge in [0.25, 0.3) is 0 Å². The smallest absolute Gasteiger partial charge is 0.246 e. The van der Waals surface area contributed by atoms with Crippen molar-refractivity contribution >= 4 is 23.6 Å². The SMILES string of the molecule is COc1ccc(/C=C/C(=O)N2CCCC(Oc3ccncc3Cl)C2)cc1. The Morgan fingerprint density at radius 3 is 2.85 bits per heavy atom. The number of pyridine rings is 1. The van der Waals surface area contributed by atoms with Crippen LogP contribution in [0.15, 0.2) is 48.8 Å². The molecule has 1 atom stereocenters. The Bertz CT molecular complexity index is 777. The number of carbonyl (C=O) groups excluding carboxylic acids is 1. The number of hydrogen-bond donors (Lipinski definition) is 0. The average molecular weight is 373 g/mol. The maximum absolute atomic E-state index is 12.5. The van der Waals surface area contributed by atoms with Crippen molar-refractivity contribution in [1.82, 2.24) is 9.88 Å². The van der Waals surface area contributed by atoms with Crippen LogP contribution in [0.3, 0.4) is 0 Å². The number of piperidine rings is 1. The van der Waals surface area contributed by atoms with E-state index in [1.54, 1.807) is 31.6 Å². The molecule has 1 aromatic heterocycles. The summed E-state index contributed by atoms with van der Waals surface area (Å²) in [5, 5.41) is 0.482. The van der Waals surface area contributed by atoms with Crippen molar-refractivity contribution in [2.45, 2.75) is 18.9 Å². The highest BCUT2D eigenvalue weighted by Gasteiger charge is 2.24. The summed E-state index contributed by atoms with van der Waals surface area (Å²) < 4.78 is 11.1. The highest BCUT2D eigenvalue weighted by atomic mass is 35.5. The van der Waals surface area contributed by atoms with Crippen LogP contribution in [0.4, 0.5) is 0 Å². The first-order valence-electron chi connectivity index (χ1n) is 8.53. The second kappa shape index (κ2) is 8.72. The van der Waals surface area contributed by atoms with E-state index in [-0.39, 0.29) is 12.0 Å². The van der Waals surface area contributed by atoms with E-state index >= 15 is 0 Å². The Morgan fingerprint density at radius 1 is 1.31 bits per heavy atom. The number of aromatic nitrogens is 1. The summed E-state index contributed by atoms with van der Waals surface area (Å²) in [6.07, 6.45) is 8.34. The quantitative estimate of drug-likeness (QED) is 0.748. The highest BCUT2D eigenvalue weighted by Crippen LogP contribution is 2.25. The number of nitrogens with zero attached hydrogens (tertiary/aromatic N) is 2. The topological polar surface area (TPSA) is 51.7 Å². The molecule has 1 fully saturated rings. The Hall–Kier alpha value is -2.53. The number of carbonyl (C=O) groups is 1. The summed E-state index contributed by atoms with van der Waals surface area (Å²) in [6, 6.07) is 9.31. The van der Waals surface area contributed by atoms with Gasteiger partial charge in [-0.25, -0.2) is 0 Å². The van der Waals surface area contributed by atoms with Crippen molar-refractivity contribution in [3.05, 3.63) is 59.4 Å². The molecule has 1 saturated heterocycles. The lowest BCUT2D eigenvalue weighted by Gasteiger charge is -2.32. The van der Waals surface area contributed by atoms with Gasteiger partial charge in [0.1, 0.15) is 22.6 Å². The third kappa shape index (κ3) is 4.76. The predicted octanol–water partition coefficient (Wildman–Crippen LogP) is 3.83. The van der Waals surface area contributed by atoms with Gasteiger partial charge >= 0.3 is 0 Å². The fourth-order valence-corrected chi connectivity index (χ4v) is 3.02. The Morgan fingerprint density at radius 2 is 2.12 bits per heavy atom. The molecular formula is C20H21ClN2O3. The molecule has 136 valence electrons. The van der Waals surface area contributed by atoms with E-state index in [2.05, 4.69) is 4.98 Å². The molecule has 6 heteroatoms. The molecule has 0 spiro atoms. The molecule has 1 aromatic carbocycles. The summed E-state index contributed by atoms with van der Waals surface area (Å²) in [4.78, 5) is 18.2. The zero-order valence-electron chi connectivity index (χ0n) is 14.6. The van der Waals surface area contributed by atoms with Gasteiger partial charge in [-0.05, 0) is 36.6 Å². The summed E-state index contributed by atoms with van der Waals surface area (Å²) in [6.45, 7) is 1.28. The number of likely N-dealkylation sites (tertiary alicyclic amines) is 1. The molecule has 1 amide bonds. The van der Waals surface area contributed by atoms with E-state index < -0.39 is 0 Å². The van der Waals surface area contributed by atoms with Gasteiger partial charge in [-0.2, -0.15) is 0 Å². The predicted molar refractivity (Wildman–Crippen MR) is 102 cm³/mol. The van der Waals surface area contributed by atoms with Crippen molar-refractivity contribution in [3.8, 4) is 11.5 Å². The molecule has 2 heterocycles. The first-order valence-corrected chi connectivity index (χ1v) is 8.90. The summed E-state index contributed by atoms with van der Waals surface area (Å²) in [5.74, 6) is 1.38. The standard InChI is InChI=1S/C20H21ClN2O3/c1-25-16-7-4-15(5-8-16)6-9-20(24)23-12-2-3-17(14-23)26-19-10-11-22-13-18(19)21/h4-11,13,17H,2-3,12,14H2,1H3/b9-6+. The van der Waals surface area contributed by atoms with Crippen molar-refractivity contribution in [3.63, 3.8) is 0 Å². The fourth-order valence-electron chi connectivity index (χ4n) is 2.86. The fraction of sp³-hybridized carbons (Fsp3) is 0.300. The van der Waals surface area contributed by atoms with Crippen LogP contribution in [0.1, 0.15) is 18.4 Å². The van der Waals surface area contributed by atoms with Crippen molar-refractivity contribution in [2.75, 3.05) is 20.2 Å². The minimum atomic E-state index is -0.0676. The van der Waals surface area contributed by atoms with Crippen LogP contribution < -0.4 is 9.47 Å². The molecule has 2 aromatic rings. The van der Waals surface area contributed by atoms with Gasteiger partial charge < -0.3 is 14.4 Å². The monoisotopic (exact) mass is 372 g/mol. The maximum atomic E-state index is 12.5. The molecule has 0 aliphatic carbocycles. The Kier molecular flexibility index (Phi) is 6.12. The van der Waals surface area contributed by atoms with E-state index in [0.29, 0.717) is 17.3 Å². The van der Waals surface area contributed by atoms with Gasteiger partial charge in [0.05, 0.1) is 13.7 Å². The maximum Gasteiger partial charge on any atom is 0.246 e. The van der Waals surface area contributed by atoms with Crippen molar-refractivity contribution in [2.24, 2.45) is 0 Å². The Balaban J connectivity index is 1.58. The van der Waals surface area contributed by atoms with Crippen LogP contribution in [0.25, 0.3) is 6.08 Å². The van der Waals surface area contributed by atoms with Crippen LogP contribution in [-0.2, 0) is 4.79 Å². The van der Waals surface area contributed by atoms with Crippen LogP contribution in [0, 0.1) is 0 Å². The van der Waals surface area contributed by atoms with E-state index in [9.17, 15) is 4.79 Å². The third-order valence-electron chi connectivity index (χ3n) is 4.25. The third-order valence-corrected chi connectivity index (χ3v) is 4.54. The molecule has 3 rings (SSSR count). The van der Waals surface area contributed by atoms with Crippen LogP contribution in [-0.4, -0.2) is 42.1 Å². The van der Waals surface area contributed by atoms with E-state index in [1.807, 2.05) is 35.2 Å². The zero-order chi connectivity index (χ0) is 18.4. The van der Waals surface area contributed by atoms with Gasteiger partial charge in [-0.1, -0.05) is 23.7 Å². The largest absolute Gasteiger partial charge is 0.497 e. The zero-order valence-corrected chi connectivity index (χ0v) is 15.4. The molecule has 1 aliphatic heterocycles. The van der Waals surface area contributed by atoms with Crippen LogP contribution >= 0.6 is 11.6 Å². The van der Waals surface area contributed by atoms with E-state index in [4.69, 9.17) is 21.1 Å². The van der Waals surface area contributed by atoms with Gasteiger partial charge in [0.2, 0.25) is 5.91 Å². The molecule has 0 saturated carbocycles. The number of benzene rings is 1. The lowest BCUT2D eigenvalue weighted by Crippen LogP contribution is -2.43. The summed E-state index contributed by atoms with van der Waals surface area (Å²) >= 11 is 6.09. The average Bonchev–Trinajstić information content (AvgIpc) is 2.68. The summed E-state index contributed by atoms with van der Waals surface area (Å²) in [7, 11) is 1.63. The molecule has 0 N–H and O–H groups in total. The lowest BCUT2D eigenvalue weighted by atomic mass is 10.1. The molecule has 26 heavy (non-hydrogen) atoms. The van der Waals surface area contributed by atoms with E-state index in [0.717, 1.165) is 30.7 Å². The number of halogens is 1. The van der Waals surface area contributed by atoms with Crippen molar-refractivity contribution < 1.29 is 14.3 Å². The minimum absolute atomic E-state index is 0.0186. The van der Waals surface area contributed by atoms with E-state index in [1.165, 1.54) is 0 Å². The van der Waals surface area contributed by atoms with Gasteiger partial charge in [0, 0.05) is 31.1 Å². The van der Waals surface area contributed by atoms with Gasteiger partial charge in [0.15, 0.2) is 0 Å². The number of ether oxygens (including phenoxy) is 2. The molecule has 5 nitrogen and oxygen atoms in total. The second-order valence-electron chi connectivity index (χ2n) is 6.08. The first kappa shape index (κ1) is 18.3. The normalized spacial score (nSPS) is 17.3. The number of amides is 1. The molecular weight excluding hydrogens is 352 g/mol.